The third-order valence-corrected chi connectivity index (χ3v) is 3.95. The fourth-order valence-electron chi connectivity index (χ4n) is 2.63. The summed E-state index contributed by atoms with van der Waals surface area (Å²) in [5.74, 6) is 1.07. The summed E-state index contributed by atoms with van der Waals surface area (Å²) in [6.07, 6.45) is 1.88. The molecule has 0 saturated carbocycles. The van der Waals surface area contributed by atoms with Gasteiger partial charge in [-0.15, -0.1) is 10.2 Å². The van der Waals surface area contributed by atoms with Crippen molar-refractivity contribution >= 4 is 17.2 Å². The van der Waals surface area contributed by atoms with Gasteiger partial charge in [-0.3, -0.25) is 4.40 Å². The molecular weight excluding hydrogens is 331 g/mol. The Morgan fingerprint density at radius 1 is 0.923 bits per heavy atom. The maximum atomic E-state index is 13.1. The minimum Gasteiger partial charge on any atom is -0.497 e. The fourth-order valence-corrected chi connectivity index (χ4v) is 2.63. The summed E-state index contributed by atoms with van der Waals surface area (Å²) in [7, 11) is 1.63. The van der Waals surface area contributed by atoms with Gasteiger partial charge >= 0.3 is 0 Å². The van der Waals surface area contributed by atoms with E-state index in [0.717, 1.165) is 17.0 Å². The van der Waals surface area contributed by atoms with E-state index in [9.17, 15) is 4.39 Å². The number of fused-ring (bicyclic) bond motifs is 1. The van der Waals surface area contributed by atoms with Crippen molar-refractivity contribution in [2.45, 2.75) is 0 Å². The van der Waals surface area contributed by atoms with Crippen molar-refractivity contribution in [2.24, 2.45) is 10.2 Å². The van der Waals surface area contributed by atoms with Gasteiger partial charge in [-0.25, -0.2) is 9.37 Å². The van der Waals surface area contributed by atoms with Gasteiger partial charge in [0, 0.05) is 11.8 Å². The molecule has 0 radical (unpaired) electrons. The Balaban J connectivity index is 1.82. The lowest BCUT2D eigenvalue weighted by molar-refractivity contribution is 0.415. The Morgan fingerprint density at radius 2 is 1.69 bits per heavy atom. The van der Waals surface area contributed by atoms with Gasteiger partial charge in [0.2, 0.25) is 0 Å². The van der Waals surface area contributed by atoms with Crippen LogP contribution in [0.25, 0.3) is 16.9 Å². The number of pyridine rings is 1. The predicted molar refractivity (Wildman–Crippen MR) is 97.8 cm³/mol. The SMILES string of the molecule is COc1ccc(-c2nc3ccccn3c2N=Nc2ccc(F)cc2)cc1. The highest BCUT2D eigenvalue weighted by atomic mass is 19.1. The van der Waals surface area contributed by atoms with Gasteiger partial charge in [-0.2, -0.15) is 0 Å². The summed E-state index contributed by atoms with van der Waals surface area (Å²) in [4.78, 5) is 4.67. The number of nitrogens with zero attached hydrogens (tertiary/aromatic N) is 4. The van der Waals surface area contributed by atoms with Crippen molar-refractivity contribution in [1.82, 2.24) is 9.38 Å². The van der Waals surface area contributed by atoms with Gasteiger partial charge < -0.3 is 4.74 Å². The number of azo groups is 1. The van der Waals surface area contributed by atoms with Crippen LogP contribution < -0.4 is 4.74 Å². The summed E-state index contributed by atoms with van der Waals surface area (Å²) < 4.78 is 20.1. The van der Waals surface area contributed by atoms with Crippen molar-refractivity contribution < 1.29 is 9.13 Å². The van der Waals surface area contributed by atoms with Crippen LogP contribution in [-0.2, 0) is 0 Å². The maximum absolute atomic E-state index is 13.1. The fraction of sp³-hybridized carbons (Fsp3) is 0.0500. The first kappa shape index (κ1) is 16.0. The summed E-state index contributed by atoms with van der Waals surface area (Å²) in [5.41, 5.74) is 2.96. The van der Waals surface area contributed by atoms with Crippen LogP contribution in [-0.4, -0.2) is 16.5 Å². The number of imidazole rings is 1. The zero-order valence-electron chi connectivity index (χ0n) is 14.0. The van der Waals surface area contributed by atoms with Gasteiger partial charge in [0.15, 0.2) is 5.82 Å². The molecule has 0 spiro atoms. The monoisotopic (exact) mass is 346 g/mol. The number of rotatable bonds is 4. The lowest BCUT2D eigenvalue weighted by Crippen LogP contribution is -1.83. The van der Waals surface area contributed by atoms with Crippen molar-refractivity contribution in [1.29, 1.82) is 0 Å². The lowest BCUT2D eigenvalue weighted by Gasteiger charge is -2.02. The molecule has 2 aromatic heterocycles. The third-order valence-electron chi connectivity index (χ3n) is 3.95. The van der Waals surface area contributed by atoms with Crippen LogP contribution in [0.3, 0.4) is 0 Å². The number of hydrogen-bond donors (Lipinski definition) is 0. The molecule has 0 bridgehead atoms. The number of ether oxygens (including phenoxy) is 1. The second kappa shape index (κ2) is 6.76. The van der Waals surface area contributed by atoms with Gasteiger partial charge in [0.05, 0.1) is 12.8 Å². The summed E-state index contributed by atoms with van der Waals surface area (Å²) in [5, 5.41) is 8.62. The standard InChI is InChI=1S/C20H15FN4O/c1-26-17-11-5-14(6-12-17)19-20(25-13-3-2-4-18(25)22-19)24-23-16-9-7-15(21)8-10-16/h2-13H,1H3. The smallest absolute Gasteiger partial charge is 0.187 e. The Morgan fingerprint density at radius 3 is 2.42 bits per heavy atom. The molecule has 5 nitrogen and oxygen atoms in total. The zero-order chi connectivity index (χ0) is 17.9. The minimum atomic E-state index is -0.308. The van der Waals surface area contributed by atoms with Crippen LogP contribution >= 0.6 is 0 Å². The van der Waals surface area contributed by atoms with Crippen molar-refractivity contribution in [3.8, 4) is 17.0 Å². The summed E-state index contributed by atoms with van der Waals surface area (Å²) >= 11 is 0. The molecule has 0 atom stereocenters. The van der Waals surface area contributed by atoms with Crippen LogP contribution in [0.5, 0.6) is 5.75 Å². The Bertz CT molecular complexity index is 1070. The topological polar surface area (TPSA) is 51.2 Å². The highest BCUT2D eigenvalue weighted by Crippen LogP contribution is 2.33. The highest BCUT2D eigenvalue weighted by molar-refractivity contribution is 5.74. The van der Waals surface area contributed by atoms with E-state index in [1.54, 1.807) is 19.2 Å². The van der Waals surface area contributed by atoms with Gasteiger partial charge in [0.1, 0.15) is 22.9 Å². The maximum Gasteiger partial charge on any atom is 0.187 e. The van der Waals surface area contributed by atoms with Crippen LogP contribution in [0.2, 0.25) is 0 Å². The molecule has 0 aliphatic heterocycles. The number of hydrogen-bond acceptors (Lipinski definition) is 4. The molecule has 26 heavy (non-hydrogen) atoms. The quantitative estimate of drug-likeness (QED) is 0.454. The number of benzene rings is 2. The molecule has 4 aromatic rings. The number of aromatic nitrogens is 2. The molecule has 0 fully saturated rings. The molecule has 0 aliphatic rings. The van der Waals surface area contributed by atoms with Crippen LogP contribution in [0.15, 0.2) is 83.2 Å². The van der Waals surface area contributed by atoms with E-state index in [1.165, 1.54) is 12.1 Å². The largest absolute Gasteiger partial charge is 0.497 e. The molecule has 6 heteroatoms. The van der Waals surface area contributed by atoms with Crippen LogP contribution in [0.1, 0.15) is 0 Å². The third kappa shape index (κ3) is 3.04. The van der Waals surface area contributed by atoms with Gasteiger partial charge in [-0.05, 0) is 60.7 Å². The molecule has 0 amide bonds. The average molecular weight is 346 g/mol. The summed E-state index contributed by atoms with van der Waals surface area (Å²) in [6, 6.07) is 19.2. The van der Waals surface area contributed by atoms with E-state index < -0.39 is 0 Å². The molecule has 128 valence electrons. The number of methoxy groups -OCH3 is 1. The van der Waals surface area contributed by atoms with E-state index in [-0.39, 0.29) is 5.82 Å². The average Bonchev–Trinajstić information content (AvgIpc) is 3.06. The van der Waals surface area contributed by atoms with E-state index >= 15 is 0 Å². The molecule has 0 unspecified atom stereocenters. The van der Waals surface area contributed by atoms with Crippen molar-refractivity contribution in [3.63, 3.8) is 0 Å². The van der Waals surface area contributed by atoms with E-state index in [4.69, 9.17) is 4.74 Å². The number of halogens is 1. The molecule has 2 heterocycles. The minimum absolute atomic E-state index is 0.308. The Labute approximate surface area is 149 Å². The first-order valence-electron chi connectivity index (χ1n) is 8.03. The van der Waals surface area contributed by atoms with Gasteiger partial charge in [0.25, 0.3) is 0 Å². The molecule has 0 saturated heterocycles. The van der Waals surface area contributed by atoms with Crippen molar-refractivity contribution in [2.75, 3.05) is 7.11 Å². The molecular formula is C20H15FN4O. The first-order valence-corrected chi connectivity index (χ1v) is 8.03. The Kier molecular flexibility index (Phi) is 4.15. The second-order valence-electron chi connectivity index (χ2n) is 5.62. The lowest BCUT2D eigenvalue weighted by atomic mass is 10.1. The molecule has 4 rings (SSSR count). The molecule has 2 aromatic carbocycles. The van der Waals surface area contributed by atoms with E-state index in [2.05, 4.69) is 15.2 Å². The van der Waals surface area contributed by atoms with Crippen molar-refractivity contribution in [3.05, 3.63) is 78.7 Å². The summed E-state index contributed by atoms with van der Waals surface area (Å²) in [6.45, 7) is 0. The normalized spacial score (nSPS) is 11.3. The zero-order valence-corrected chi connectivity index (χ0v) is 14.0. The molecule has 0 N–H and O–H groups in total. The van der Waals surface area contributed by atoms with Gasteiger partial charge in [-0.1, -0.05) is 6.07 Å². The second-order valence-corrected chi connectivity index (χ2v) is 5.62. The van der Waals surface area contributed by atoms with E-state index in [0.29, 0.717) is 17.2 Å². The van der Waals surface area contributed by atoms with Crippen LogP contribution in [0, 0.1) is 5.82 Å². The first-order chi connectivity index (χ1) is 12.7. The molecule has 0 aliphatic carbocycles. The Hall–Kier alpha value is -3.54. The predicted octanol–water partition coefficient (Wildman–Crippen LogP) is 5.56. The van der Waals surface area contributed by atoms with E-state index in [1.807, 2.05) is 53.1 Å². The highest BCUT2D eigenvalue weighted by Gasteiger charge is 2.13. The van der Waals surface area contributed by atoms with Crippen LogP contribution in [0.4, 0.5) is 15.9 Å².